The Labute approximate surface area is 303 Å². The van der Waals surface area contributed by atoms with Crippen LogP contribution in [-0.4, -0.2) is 88.0 Å². The van der Waals surface area contributed by atoms with Gasteiger partial charge < -0.3 is 25.4 Å². The van der Waals surface area contributed by atoms with Gasteiger partial charge in [0.05, 0.1) is 24.9 Å². The van der Waals surface area contributed by atoms with Crippen molar-refractivity contribution in [2.45, 2.75) is 64.5 Å². The monoisotopic (exact) mass is 709 g/mol. The summed E-state index contributed by atoms with van der Waals surface area (Å²) < 4.78 is 10.8. The number of rotatable bonds is 10. The summed E-state index contributed by atoms with van der Waals surface area (Å²) in [6.45, 7) is 8.91. The smallest absolute Gasteiger partial charge is 0.407 e. The van der Waals surface area contributed by atoms with Gasteiger partial charge in [-0.15, -0.1) is 10.2 Å². The Hall–Kier alpha value is -5.21. The van der Waals surface area contributed by atoms with Crippen molar-refractivity contribution in [2.75, 3.05) is 42.6 Å². The lowest BCUT2D eigenvalue weighted by atomic mass is 9.81. The van der Waals surface area contributed by atoms with Crippen molar-refractivity contribution in [1.82, 2.24) is 30.9 Å². The second kappa shape index (κ2) is 16.4. The van der Waals surface area contributed by atoms with Gasteiger partial charge >= 0.3 is 6.09 Å². The number of aromatic amines is 1. The lowest BCUT2D eigenvalue weighted by Gasteiger charge is -2.32. The van der Waals surface area contributed by atoms with Crippen molar-refractivity contribution in [3.8, 4) is 22.5 Å². The number of carbonyl (C=O) groups is 3. The lowest BCUT2D eigenvalue weighted by Crippen LogP contribution is -2.50. The molecule has 2 aliphatic rings. The molecule has 4 N–H and O–H groups in total. The van der Waals surface area contributed by atoms with E-state index in [0.29, 0.717) is 49.7 Å². The third-order valence-electron chi connectivity index (χ3n) is 9.44. The molecule has 2 aromatic carbocycles. The molecule has 1 saturated heterocycles. The SMILES string of the molecule is CC(C)(C)OC(=O)NCC1CCC(C(=O)N(C(=O)[C@@H](N)Cc2ccc(-c3ccnc(N4CCOCC4)c3)cc2)c2ccc(-c3nn[nH]n3)cc2)CC1. The van der Waals surface area contributed by atoms with Gasteiger partial charge in [0.15, 0.2) is 0 Å². The van der Waals surface area contributed by atoms with E-state index in [1.165, 1.54) is 4.90 Å². The lowest BCUT2D eigenvalue weighted by molar-refractivity contribution is -0.130. The number of hydrogen-bond donors (Lipinski definition) is 3. The fourth-order valence-electron chi connectivity index (χ4n) is 6.65. The first-order valence-electron chi connectivity index (χ1n) is 17.9. The summed E-state index contributed by atoms with van der Waals surface area (Å²) in [7, 11) is 0. The predicted octanol–water partition coefficient (Wildman–Crippen LogP) is 4.53. The molecule has 1 aliphatic carbocycles. The molecule has 0 spiro atoms. The molecule has 2 fully saturated rings. The maximum absolute atomic E-state index is 14.2. The number of alkyl carbamates (subject to hydrolysis) is 1. The molecule has 3 heterocycles. The Bertz CT molecular complexity index is 1800. The highest BCUT2D eigenvalue weighted by Gasteiger charge is 2.35. The number of imide groups is 1. The number of nitrogens with one attached hydrogen (secondary N) is 2. The van der Waals surface area contributed by atoms with Crippen LogP contribution < -0.4 is 20.9 Å². The molecule has 1 atom stereocenters. The summed E-state index contributed by atoms with van der Waals surface area (Å²) in [4.78, 5) is 48.5. The number of anilines is 2. The largest absolute Gasteiger partial charge is 0.444 e. The maximum atomic E-state index is 14.2. The molecule has 0 radical (unpaired) electrons. The number of pyridine rings is 1. The van der Waals surface area contributed by atoms with Gasteiger partial charge in [-0.2, -0.15) is 5.21 Å². The fourth-order valence-corrected chi connectivity index (χ4v) is 6.65. The number of nitrogens with two attached hydrogens (primary N) is 1. The molecule has 1 saturated carbocycles. The van der Waals surface area contributed by atoms with Crippen LogP contribution >= 0.6 is 0 Å². The minimum absolute atomic E-state index is 0.207. The van der Waals surface area contributed by atoms with E-state index in [2.05, 4.69) is 41.9 Å². The third-order valence-corrected chi connectivity index (χ3v) is 9.44. The number of tetrazole rings is 1. The standard InChI is InChI=1S/C38H47N9O5/c1-38(2,3)52-37(50)41-24-26-6-10-29(11-7-26)35(48)47(31-14-12-28(13-15-31)34-42-44-45-43-34)36(49)32(39)22-25-4-8-27(9-5-25)30-16-17-40-33(23-30)46-18-20-51-21-19-46/h4-5,8-9,12-17,23,26,29,32H,6-7,10-11,18-22,24,39H2,1-3H3,(H,41,50)(H,42,43,44,45)/t26?,29?,32-/m0/s1. The first kappa shape index (κ1) is 36.6. The van der Waals surface area contributed by atoms with Gasteiger partial charge in [0.25, 0.3) is 5.91 Å². The van der Waals surface area contributed by atoms with Gasteiger partial charge in [-0.25, -0.2) is 14.7 Å². The first-order chi connectivity index (χ1) is 25.0. The van der Waals surface area contributed by atoms with Crippen LogP contribution in [0, 0.1) is 11.8 Å². The summed E-state index contributed by atoms with van der Waals surface area (Å²) in [5.74, 6) is 0.401. The molecule has 14 nitrogen and oxygen atoms in total. The van der Waals surface area contributed by atoms with Crippen LogP contribution in [0.1, 0.15) is 52.0 Å². The van der Waals surface area contributed by atoms with E-state index < -0.39 is 23.6 Å². The van der Waals surface area contributed by atoms with Crippen molar-refractivity contribution in [3.05, 3.63) is 72.4 Å². The van der Waals surface area contributed by atoms with E-state index in [1.807, 2.05) is 57.3 Å². The molecule has 6 rings (SSSR count). The Morgan fingerprint density at radius 3 is 2.33 bits per heavy atom. The molecule has 1 aliphatic heterocycles. The normalized spacial score (nSPS) is 18.3. The summed E-state index contributed by atoms with van der Waals surface area (Å²) >= 11 is 0. The van der Waals surface area contributed by atoms with Crippen molar-refractivity contribution in [1.29, 1.82) is 0 Å². The zero-order valence-electron chi connectivity index (χ0n) is 30.0. The van der Waals surface area contributed by atoms with Crippen molar-refractivity contribution in [3.63, 3.8) is 0 Å². The van der Waals surface area contributed by atoms with E-state index >= 15 is 0 Å². The number of benzene rings is 2. The Kier molecular flexibility index (Phi) is 11.6. The van der Waals surface area contributed by atoms with E-state index in [1.54, 1.807) is 24.3 Å². The molecule has 3 amide bonds. The minimum Gasteiger partial charge on any atom is -0.444 e. The summed E-state index contributed by atoms with van der Waals surface area (Å²) in [5, 5.41) is 16.9. The number of ether oxygens (including phenoxy) is 2. The first-order valence-corrected chi connectivity index (χ1v) is 17.9. The van der Waals surface area contributed by atoms with E-state index in [0.717, 1.165) is 48.4 Å². The van der Waals surface area contributed by atoms with Crippen molar-refractivity contribution >= 4 is 29.4 Å². The van der Waals surface area contributed by atoms with Crippen LogP contribution in [0.2, 0.25) is 0 Å². The predicted molar refractivity (Wildman–Crippen MR) is 196 cm³/mol. The summed E-state index contributed by atoms with van der Waals surface area (Å²) in [6.07, 6.45) is 4.25. The van der Waals surface area contributed by atoms with Gasteiger partial charge in [-0.05, 0) is 117 Å². The Morgan fingerprint density at radius 2 is 1.67 bits per heavy atom. The number of aromatic nitrogens is 5. The average molecular weight is 710 g/mol. The average Bonchev–Trinajstić information content (AvgIpc) is 3.70. The topological polar surface area (TPSA) is 182 Å². The van der Waals surface area contributed by atoms with Crippen molar-refractivity contribution in [2.24, 2.45) is 17.6 Å². The Morgan fingerprint density at radius 1 is 0.981 bits per heavy atom. The molecule has 0 unspecified atom stereocenters. The van der Waals surface area contributed by atoms with Crippen LogP contribution in [0.15, 0.2) is 66.9 Å². The zero-order valence-corrected chi connectivity index (χ0v) is 30.0. The van der Waals surface area contributed by atoms with Gasteiger partial charge in [-0.3, -0.25) is 9.59 Å². The summed E-state index contributed by atoms with van der Waals surface area (Å²) in [6, 6.07) is 18.0. The van der Waals surface area contributed by atoms with E-state index in [9.17, 15) is 14.4 Å². The second-order valence-corrected chi connectivity index (χ2v) is 14.4. The third kappa shape index (κ3) is 9.36. The van der Waals surface area contributed by atoms with Crippen LogP contribution in [0.3, 0.4) is 0 Å². The zero-order chi connectivity index (χ0) is 36.7. The van der Waals surface area contributed by atoms with Gasteiger partial charge in [0.2, 0.25) is 11.7 Å². The molecule has 4 aromatic rings. The Balaban J connectivity index is 1.13. The number of nitrogens with zero attached hydrogens (tertiary/aromatic N) is 6. The highest BCUT2D eigenvalue weighted by molar-refractivity contribution is 6.17. The minimum atomic E-state index is -0.963. The maximum Gasteiger partial charge on any atom is 0.407 e. The van der Waals surface area contributed by atoms with E-state index in [4.69, 9.17) is 15.2 Å². The number of hydrogen-bond acceptors (Lipinski definition) is 11. The van der Waals surface area contributed by atoms with Crippen LogP contribution in [0.25, 0.3) is 22.5 Å². The van der Waals surface area contributed by atoms with Gasteiger partial charge in [-0.1, -0.05) is 24.3 Å². The number of H-pyrrole nitrogens is 1. The molecule has 274 valence electrons. The quantitative estimate of drug-likeness (QED) is 0.211. The molecule has 52 heavy (non-hydrogen) atoms. The number of amides is 3. The van der Waals surface area contributed by atoms with Crippen molar-refractivity contribution < 1.29 is 23.9 Å². The molecule has 2 aromatic heterocycles. The van der Waals surface area contributed by atoms with Crippen LogP contribution in [-0.2, 0) is 25.5 Å². The molecule has 14 heteroatoms. The van der Waals surface area contributed by atoms with Gasteiger partial charge in [0.1, 0.15) is 11.4 Å². The number of morpholine rings is 1. The second-order valence-electron chi connectivity index (χ2n) is 14.4. The van der Waals surface area contributed by atoms with E-state index in [-0.39, 0.29) is 24.2 Å². The van der Waals surface area contributed by atoms with Crippen LogP contribution in [0.5, 0.6) is 0 Å². The molecular formula is C38H47N9O5. The molecule has 0 bridgehead atoms. The number of carbonyl (C=O) groups excluding carboxylic acids is 3. The fraction of sp³-hybridized carbons (Fsp3) is 0.447. The highest BCUT2D eigenvalue weighted by Crippen LogP contribution is 2.32. The van der Waals surface area contributed by atoms with Crippen LogP contribution in [0.4, 0.5) is 16.3 Å². The van der Waals surface area contributed by atoms with Gasteiger partial charge in [0, 0.05) is 37.3 Å². The summed E-state index contributed by atoms with van der Waals surface area (Å²) in [5.41, 5.74) is 10.1. The highest BCUT2D eigenvalue weighted by atomic mass is 16.6. The molecular weight excluding hydrogens is 662 g/mol.